The van der Waals surface area contributed by atoms with E-state index in [1.54, 1.807) is 12.1 Å². The molecule has 1 fully saturated rings. The van der Waals surface area contributed by atoms with E-state index in [2.05, 4.69) is 24.1 Å². The van der Waals surface area contributed by atoms with Gasteiger partial charge in [-0.25, -0.2) is 4.39 Å². The van der Waals surface area contributed by atoms with Crippen molar-refractivity contribution in [1.29, 1.82) is 0 Å². The molecule has 0 bridgehead atoms. The van der Waals surface area contributed by atoms with Crippen LogP contribution >= 0.6 is 0 Å². The van der Waals surface area contributed by atoms with Crippen molar-refractivity contribution in [2.24, 2.45) is 5.92 Å². The van der Waals surface area contributed by atoms with Crippen LogP contribution in [0.5, 0.6) is 0 Å². The minimum atomic E-state index is -0.134. The monoisotopic (exact) mass is 292 g/mol. The normalized spacial score (nSPS) is 19.6. The maximum absolute atomic E-state index is 13.5. The zero-order valence-corrected chi connectivity index (χ0v) is 13.5. The average Bonchev–Trinajstić information content (AvgIpc) is 2.71. The average molecular weight is 292 g/mol. The lowest BCUT2D eigenvalue weighted by Crippen LogP contribution is -2.26. The summed E-state index contributed by atoms with van der Waals surface area (Å²) in [7, 11) is 0. The van der Waals surface area contributed by atoms with Gasteiger partial charge in [-0.15, -0.1) is 0 Å². The van der Waals surface area contributed by atoms with Gasteiger partial charge < -0.3 is 10.2 Å². The molecule has 1 heterocycles. The van der Waals surface area contributed by atoms with Crippen LogP contribution in [0.15, 0.2) is 18.2 Å². The molecule has 1 aliphatic heterocycles. The Balaban J connectivity index is 2.09. The highest BCUT2D eigenvalue weighted by atomic mass is 19.1. The van der Waals surface area contributed by atoms with Gasteiger partial charge in [0.1, 0.15) is 5.82 Å². The first-order chi connectivity index (χ1) is 10.2. The highest BCUT2D eigenvalue weighted by Crippen LogP contribution is 2.28. The summed E-state index contributed by atoms with van der Waals surface area (Å²) < 4.78 is 13.5. The number of anilines is 1. The van der Waals surface area contributed by atoms with Crippen molar-refractivity contribution in [3.8, 4) is 0 Å². The molecule has 21 heavy (non-hydrogen) atoms. The highest BCUT2D eigenvalue weighted by Gasteiger charge is 2.18. The van der Waals surface area contributed by atoms with Crippen molar-refractivity contribution >= 4 is 5.69 Å². The van der Waals surface area contributed by atoms with Gasteiger partial charge in [-0.2, -0.15) is 0 Å². The first-order valence-electron chi connectivity index (χ1n) is 8.48. The Kier molecular flexibility index (Phi) is 6.50. The Labute approximate surface area is 128 Å². The maximum atomic E-state index is 13.5. The Hall–Kier alpha value is -1.09. The summed E-state index contributed by atoms with van der Waals surface area (Å²) in [6.07, 6.45) is 6.50. The molecule has 0 saturated carbocycles. The molecule has 1 atom stereocenters. The number of halogens is 1. The first kappa shape index (κ1) is 16.3. The van der Waals surface area contributed by atoms with Gasteiger partial charge in [0.25, 0.3) is 0 Å². The van der Waals surface area contributed by atoms with Crippen molar-refractivity contribution in [3.05, 3.63) is 29.6 Å². The van der Waals surface area contributed by atoms with E-state index in [-0.39, 0.29) is 5.82 Å². The topological polar surface area (TPSA) is 15.3 Å². The van der Waals surface area contributed by atoms with E-state index in [0.29, 0.717) is 0 Å². The molecule has 0 aromatic heterocycles. The summed E-state index contributed by atoms with van der Waals surface area (Å²) in [6.45, 7) is 8.23. The number of rotatable bonds is 6. The van der Waals surface area contributed by atoms with Crippen LogP contribution in [0.3, 0.4) is 0 Å². The Morgan fingerprint density at radius 2 is 2.10 bits per heavy atom. The molecule has 0 amide bonds. The van der Waals surface area contributed by atoms with Crippen LogP contribution < -0.4 is 10.2 Å². The number of nitrogens with zero attached hydrogens (tertiary/aromatic N) is 1. The minimum absolute atomic E-state index is 0.134. The number of hydrogen-bond acceptors (Lipinski definition) is 2. The van der Waals surface area contributed by atoms with E-state index in [1.165, 1.54) is 37.8 Å². The predicted molar refractivity (Wildman–Crippen MR) is 88.2 cm³/mol. The summed E-state index contributed by atoms with van der Waals surface area (Å²) >= 11 is 0. The molecule has 3 heteroatoms. The van der Waals surface area contributed by atoms with Crippen LogP contribution in [0, 0.1) is 11.7 Å². The summed E-state index contributed by atoms with van der Waals surface area (Å²) in [6, 6.07) is 5.24. The Morgan fingerprint density at radius 1 is 1.24 bits per heavy atom. The van der Waals surface area contributed by atoms with Crippen molar-refractivity contribution in [2.45, 2.75) is 52.5 Å². The van der Waals surface area contributed by atoms with Crippen LogP contribution in [0.25, 0.3) is 0 Å². The van der Waals surface area contributed by atoms with Crippen LogP contribution in [0.1, 0.15) is 51.5 Å². The highest BCUT2D eigenvalue weighted by molar-refractivity contribution is 5.54. The predicted octanol–water partition coefficient (Wildman–Crippen LogP) is 4.34. The summed E-state index contributed by atoms with van der Waals surface area (Å²) in [4.78, 5) is 2.46. The van der Waals surface area contributed by atoms with E-state index >= 15 is 0 Å². The van der Waals surface area contributed by atoms with E-state index in [1.807, 2.05) is 6.07 Å². The van der Waals surface area contributed by atoms with Crippen molar-refractivity contribution in [2.75, 3.05) is 24.5 Å². The molecule has 2 nitrogen and oxygen atoms in total. The second kappa shape index (κ2) is 8.38. The fourth-order valence-corrected chi connectivity index (χ4v) is 3.37. The van der Waals surface area contributed by atoms with Crippen LogP contribution in [0.4, 0.5) is 10.1 Å². The second-order valence-corrected chi connectivity index (χ2v) is 6.13. The standard InChI is InChI=1S/C18H29FN2/c1-3-6-15-7-5-11-21(12-10-15)18-9-8-17(19)13-16(18)14-20-4-2/h8-9,13,15,20H,3-7,10-12,14H2,1-2H3. The molecular weight excluding hydrogens is 263 g/mol. The molecular formula is C18H29FN2. The molecule has 1 N–H and O–H groups in total. The van der Waals surface area contributed by atoms with Crippen molar-refractivity contribution in [3.63, 3.8) is 0 Å². The molecule has 1 aliphatic rings. The number of nitrogens with one attached hydrogen (secondary N) is 1. The maximum Gasteiger partial charge on any atom is 0.123 e. The van der Waals surface area contributed by atoms with Gasteiger partial charge in [0.05, 0.1) is 0 Å². The molecule has 1 aromatic rings. The minimum Gasteiger partial charge on any atom is -0.371 e. The lowest BCUT2D eigenvalue weighted by molar-refractivity contribution is 0.435. The van der Waals surface area contributed by atoms with Crippen molar-refractivity contribution < 1.29 is 4.39 Å². The third-order valence-electron chi connectivity index (χ3n) is 4.49. The van der Waals surface area contributed by atoms with Gasteiger partial charge in [0.15, 0.2) is 0 Å². The Bertz CT molecular complexity index is 433. The smallest absolute Gasteiger partial charge is 0.123 e. The second-order valence-electron chi connectivity index (χ2n) is 6.13. The molecule has 0 radical (unpaired) electrons. The first-order valence-corrected chi connectivity index (χ1v) is 8.48. The third kappa shape index (κ3) is 4.70. The van der Waals surface area contributed by atoms with Crippen LogP contribution in [-0.4, -0.2) is 19.6 Å². The molecule has 0 spiro atoms. The fourth-order valence-electron chi connectivity index (χ4n) is 3.37. The van der Waals surface area contributed by atoms with Crippen LogP contribution in [-0.2, 0) is 6.54 Å². The molecule has 0 aliphatic carbocycles. The summed E-state index contributed by atoms with van der Waals surface area (Å²) in [5.41, 5.74) is 2.31. The largest absolute Gasteiger partial charge is 0.371 e. The van der Waals surface area contributed by atoms with Gasteiger partial charge in [-0.1, -0.05) is 26.7 Å². The van der Waals surface area contributed by atoms with Gasteiger partial charge >= 0.3 is 0 Å². The lowest BCUT2D eigenvalue weighted by atomic mass is 9.96. The lowest BCUT2D eigenvalue weighted by Gasteiger charge is -2.26. The number of hydrogen-bond donors (Lipinski definition) is 1. The fraction of sp³-hybridized carbons (Fsp3) is 0.667. The SMILES string of the molecule is CCCC1CCCN(c2ccc(F)cc2CNCC)CC1. The van der Waals surface area contributed by atoms with Gasteiger partial charge in [0, 0.05) is 25.3 Å². The molecule has 2 rings (SSSR count). The Morgan fingerprint density at radius 3 is 2.86 bits per heavy atom. The third-order valence-corrected chi connectivity index (χ3v) is 4.49. The molecule has 118 valence electrons. The molecule has 1 unspecified atom stereocenters. The van der Waals surface area contributed by atoms with Crippen molar-refractivity contribution in [1.82, 2.24) is 5.32 Å². The number of benzene rings is 1. The van der Waals surface area contributed by atoms with E-state index < -0.39 is 0 Å². The summed E-state index contributed by atoms with van der Waals surface area (Å²) in [5.74, 6) is 0.739. The zero-order valence-electron chi connectivity index (χ0n) is 13.5. The van der Waals surface area contributed by atoms with Crippen LogP contribution in [0.2, 0.25) is 0 Å². The molecule has 1 aromatic carbocycles. The summed E-state index contributed by atoms with van der Waals surface area (Å²) in [5, 5.41) is 3.32. The quantitative estimate of drug-likeness (QED) is 0.839. The van der Waals surface area contributed by atoms with E-state index in [4.69, 9.17) is 0 Å². The molecule has 1 saturated heterocycles. The van der Waals surface area contributed by atoms with E-state index in [9.17, 15) is 4.39 Å². The zero-order chi connectivity index (χ0) is 15.1. The van der Waals surface area contributed by atoms with Gasteiger partial charge in [0.2, 0.25) is 0 Å². The van der Waals surface area contributed by atoms with E-state index in [0.717, 1.165) is 37.7 Å². The van der Waals surface area contributed by atoms with Gasteiger partial charge in [-0.3, -0.25) is 0 Å². The van der Waals surface area contributed by atoms with Gasteiger partial charge in [-0.05, 0) is 55.5 Å².